The van der Waals surface area contributed by atoms with E-state index in [1.165, 1.54) is 23.9 Å². The molecule has 0 radical (unpaired) electrons. The first-order valence-electron chi connectivity index (χ1n) is 6.68. The standard InChI is InChI=1S/C16H14FN3OS/c1-21-15-7-5-14(6-8-15)20-11-18-19-16(20)22-10-12-3-2-4-13(17)9-12/h2-9,11H,10H2,1H3. The first kappa shape index (κ1) is 14.6. The van der Waals surface area contributed by atoms with Gasteiger partial charge in [0.25, 0.3) is 0 Å². The maximum absolute atomic E-state index is 13.2. The van der Waals surface area contributed by atoms with E-state index in [4.69, 9.17) is 4.74 Å². The predicted octanol–water partition coefficient (Wildman–Crippen LogP) is 3.71. The number of ether oxygens (including phenoxy) is 1. The van der Waals surface area contributed by atoms with E-state index < -0.39 is 0 Å². The van der Waals surface area contributed by atoms with Crippen molar-refractivity contribution in [2.75, 3.05) is 7.11 Å². The van der Waals surface area contributed by atoms with Crippen LogP contribution >= 0.6 is 11.8 Å². The normalized spacial score (nSPS) is 10.6. The van der Waals surface area contributed by atoms with Gasteiger partial charge in [-0.3, -0.25) is 4.57 Å². The van der Waals surface area contributed by atoms with Gasteiger partial charge in [-0.15, -0.1) is 10.2 Å². The molecule has 0 spiro atoms. The number of benzene rings is 2. The summed E-state index contributed by atoms with van der Waals surface area (Å²) in [5, 5.41) is 8.84. The Morgan fingerprint density at radius 2 is 2.00 bits per heavy atom. The highest BCUT2D eigenvalue weighted by atomic mass is 32.2. The van der Waals surface area contributed by atoms with E-state index >= 15 is 0 Å². The quantitative estimate of drug-likeness (QED) is 0.673. The van der Waals surface area contributed by atoms with Crippen LogP contribution in [0, 0.1) is 5.82 Å². The van der Waals surface area contributed by atoms with Gasteiger partial charge >= 0.3 is 0 Å². The summed E-state index contributed by atoms with van der Waals surface area (Å²) >= 11 is 1.51. The van der Waals surface area contributed by atoms with Gasteiger partial charge in [-0.1, -0.05) is 23.9 Å². The predicted molar refractivity (Wildman–Crippen MR) is 83.9 cm³/mol. The molecule has 0 saturated heterocycles. The summed E-state index contributed by atoms with van der Waals surface area (Å²) in [4.78, 5) is 0. The van der Waals surface area contributed by atoms with Crippen molar-refractivity contribution < 1.29 is 9.13 Å². The van der Waals surface area contributed by atoms with Crippen molar-refractivity contribution >= 4 is 11.8 Å². The Labute approximate surface area is 132 Å². The zero-order valence-electron chi connectivity index (χ0n) is 11.9. The number of hydrogen-bond acceptors (Lipinski definition) is 4. The molecule has 0 aliphatic rings. The van der Waals surface area contributed by atoms with Gasteiger partial charge in [0.1, 0.15) is 17.9 Å². The lowest BCUT2D eigenvalue weighted by atomic mass is 10.2. The van der Waals surface area contributed by atoms with Crippen LogP contribution in [0.2, 0.25) is 0 Å². The van der Waals surface area contributed by atoms with Gasteiger partial charge < -0.3 is 4.74 Å². The summed E-state index contributed by atoms with van der Waals surface area (Å²) in [6, 6.07) is 14.2. The largest absolute Gasteiger partial charge is 0.497 e. The molecule has 4 nitrogen and oxygen atoms in total. The van der Waals surface area contributed by atoms with E-state index in [1.54, 1.807) is 19.5 Å². The van der Waals surface area contributed by atoms with Crippen molar-refractivity contribution in [1.82, 2.24) is 14.8 Å². The summed E-state index contributed by atoms with van der Waals surface area (Å²) in [6.45, 7) is 0. The second-order valence-electron chi connectivity index (χ2n) is 4.60. The molecule has 1 heterocycles. The van der Waals surface area contributed by atoms with E-state index in [2.05, 4.69) is 10.2 Å². The Bertz CT molecular complexity index is 758. The van der Waals surface area contributed by atoms with E-state index in [0.717, 1.165) is 22.2 Å². The monoisotopic (exact) mass is 315 g/mol. The Hall–Kier alpha value is -2.34. The molecule has 0 bridgehead atoms. The fourth-order valence-electron chi connectivity index (χ4n) is 2.02. The molecule has 0 atom stereocenters. The maximum atomic E-state index is 13.2. The fourth-order valence-corrected chi connectivity index (χ4v) is 2.89. The molecular weight excluding hydrogens is 301 g/mol. The summed E-state index contributed by atoms with van der Waals surface area (Å²) in [7, 11) is 1.63. The van der Waals surface area contributed by atoms with Crippen LogP contribution in [0.25, 0.3) is 5.69 Å². The van der Waals surface area contributed by atoms with Gasteiger partial charge in [0.05, 0.1) is 7.11 Å². The number of halogens is 1. The molecule has 3 aromatic rings. The van der Waals surface area contributed by atoms with Gasteiger partial charge in [-0.2, -0.15) is 0 Å². The third kappa shape index (κ3) is 3.28. The molecule has 0 saturated carbocycles. The summed E-state index contributed by atoms with van der Waals surface area (Å²) in [5.74, 6) is 1.20. The lowest BCUT2D eigenvalue weighted by molar-refractivity contribution is 0.414. The number of rotatable bonds is 5. The van der Waals surface area contributed by atoms with Gasteiger partial charge in [0.15, 0.2) is 5.16 Å². The molecule has 0 unspecified atom stereocenters. The van der Waals surface area contributed by atoms with E-state index in [-0.39, 0.29) is 5.82 Å². The summed E-state index contributed by atoms with van der Waals surface area (Å²) in [6.07, 6.45) is 1.66. The van der Waals surface area contributed by atoms with Crippen molar-refractivity contribution in [1.29, 1.82) is 0 Å². The van der Waals surface area contributed by atoms with Crippen LogP contribution in [0.5, 0.6) is 5.75 Å². The summed E-state index contributed by atoms with van der Waals surface area (Å²) < 4.78 is 20.2. The van der Waals surface area contributed by atoms with Crippen LogP contribution < -0.4 is 4.74 Å². The average molecular weight is 315 g/mol. The molecule has 0 aliphatic carbocycles. The highest BCUT2D eigenvalue weighted by molar-refractivity contribution is 7.98. The lowest BCUT2D eigenvalue weighted by Gasteiger charge is -2.07. The minimum atomic E-state index is -0.227. The zero-order valence-corrected chi connectivity index (χ0v) is 12.8. The minimum Gasteiger partial charge on any atom is -0.497 e. The topological polar surface area (TPSA) is 39.9 Å². The van der Waals surface area contributed by atoms with Crippen molar-refractivity contribution in [3.05, 3.63) is 66.2 Å². The molecule has 3 rings (SSSR count). The first-order valence-corrected chi connectivity index (χ1v) is 7.66. The molecule has 0 fully saturated rings. The van der Waals surface area contributed by atoms with Crippen LogP contribution in [0.4, 0.5) is 4.39 Å². The van der Waals surface area contributed by atoms with Crippen LogP contribution in [0.3, 0.4) is 0 Å². The number of hydrogen-bond donors (Lipinski definition) is 0. The molecule has 22 heavy (non-hydrogen) atoms. The van der Waals surface area contributed by atoms with Crippen LogP contribution in [-0.2, 0) is 5.75 Å². The number of aromatic nitrogens is 3. The molecule has 0 aliphatic heterocycles. The molecule has 0 amide bonds. The van der Waals surface area contributed by atoms with Crippen molar-refractivity contribution in [2.24, 2.45) is 0 Å². The third-order valence-corrected chi connectivity index (χ3v) is 4.14. The smallest absolute Gasteiger partial charge is 0.195 e. The third-order valence-electron chi connectivity index (χ3n) is 3.12. The summed E-state index contributed by atoms with van der Waals surface area (Å²) in [5.41, 5.74) is 1.86. The second kappa shape index (κ2) is 6.62. The maximum Gasteiger partial charge on any atom is 0.195 e. The first-order chi connectivity index (χ1) is 10.8. The van der Waals surface area contributed by atoms with Crippen molar-refractivity contribution in [3.8, 4) is 11.4 Å². The van der Waals surface area contributed by atoms with Crippen LogP contribution in [-0.4, -0.2) is 21.9 Å². The molecule has 1 aromatic heterocycles. The van der Waals surface area contributed by atoms with Gasteiger partial charge in [-0.05, 0) is 42.0 Å². The van der Waals surface area contributed by atoms with E-state index in [1.807, 2.05) is 34.9 Å². The number of methoxy groups -OCH3 is 1. The molecule has 2 aromatic carbocycles. The SMILES string of the molecule is COc1ccc(-n2cnnc2SCc2cccc(F)c2)cc1. The Morgan fingerprint density at radius 3 is 2.73 bits per heavy atom. The van der Waals surface area contributed by atoms with Gasteiger partial charge in [0, 0.05) is 11.4 Å². The molecule has 112 valence electrons. The zero-order chi connectivity index (χ0) is 15.4. The Morgan fingerprint density at radius 1 is 1.18 bits per heavy atom. The van der Waals surface area contributed by atoms with Crippen LogP contribution in [0.1, 0.15) is 5.56 Å². The van der Waals surface area contributed by atoms with Crippen molar-refractivity contribution in [2.45, 2.75) is 10.9 Å². The van der Waals surface area contributed by atoms with Crippen molar-refractivity contribution in [3.63, 3.8) is 0 Å². The Balaban J connectivity index is 1.76. The molecule has 6 heteroatoms. The lowest BCUT2D eigenvalue weighted by Crippen LogP contribution is -1.95. The number of thioether (sulfide) groups is 1. The average Bonchev–Trinajstić information content (AvgIpc) is 3.01. The number of nitrogens with zero attached hydrogens (tertiary/aromatic N) is 3. The Kier molecular flexibility index (Phi) is 4.39. The van der Waals surface area contributed by atoms with Gasteiger partial charge in [-0.25, -0.2) is 4.39 Å². The highest BCUT2D eigenvalue weighted by Gasteiger charge is 2.08. The van der Waals surface area contributed by atoms with E-state index in [9.17, 15) is 4.39 Å². The minimum absolute atomic E-state index is 0.227. The van der Waals surface area contributed by atoms with Crippen LogP contribution in [0.15, 0.2) is 60.0 Å². The fraction of sp³-hybridized carbons (Fsp3) is 0.125. The molecule has 0 N–H and O–H groups in total. The van der Waals surface area contributed by atoms with E-state index in [0.29, 0.717) is 5.75 Å². The van der Waals surface area contributed by atoms with Gasteiger partial charge in [0.2, 0.25) is 0 Å². The molecular formula is C16H14FN3OS. The second-order valence-corrected chi connectivity index (χ2v) is 5.54. The highest BCUT2D eigenvalue weighted by Crippen LogP contribution is 2.24.